The maximum atomic E-state index is 11.8. The van der Waals surface area contributed by atoms with Gasteiger partial charge in [0.15, 0.2) is 0 Å². The molecule has 1 aliphatic carbocycles. The van der Waals surface area contributed by atoms with Gasteiger partial charge in [0.2, 0.25) is 5.91 Å². The van der Waals surface area contributed by atoms with Crippen molar-refractivity contribution in [3.63, 3.8) is 0 Å². The Morgan fingerprint density at radius 1 is 1.35 bits per heavy atom. The van der Waals surface area contributed by atoms with Crippen LogP contribution < -0.4 is 11.1 Å². The van der Waals surface area contributed by atoms with Gasteiger partial charge < -0.3 is 16.0 Å². The predicted octanol–water partition coefficient (Wildman–Crippen LogP) is 0.468. The van der Waals surface area contributed by atoms with Gasteiger partial charge in [-0.25, -0.2) is 0 Å². The van der Waals surface area contributed by atoms with Crippen LogP contribution in [0, 0.1) is 5.92 Å². The van der Waals surface area contributed by atoms with E-state index < -0.39 is 5.54 Å². The highest BCUT2D eigenvalue weighted by atomic mass is 16.1. The minimum absolute atomic E-state index is 0.135. The van der Waals surface area contributed by atoms with Gasteiger partial charge in [0.25, 0.3) is 0 Å². The van der Waals surface area contributed by atoms with Crippen molar-refractivity contribution in [2.45, 2.75) is 50.1 Å². The molecule has 1 amide bonds. The Morgan fingerprint density at radius 2 is 2.18 bits per heavy atom. The number of piperidine rings is 1. The Balaban J connectivity index is 1.67. The molecule has 0 aromatic heterocycles. The third-order valence-electron chi connectivity index (χ3n) is 4.81. The number of carbonyl (C=O) groups excluding carboxylic acids is 1. The van der Waals surface area contributed by atoms with E-state index in [1.807, 2.05) is 0 Å². The number of nitrogens with one attached hydrogen (secondary N) is 1. The van der Waals surface area contributed by atoms with Crippen LogP contribution in [0.25, 0.3) is 0 Å². The molecule has 4 heteroatoms. The Hall–Kier alpha value is -0.610. The first kappa shape index (κ1) is 11.5. The minimum Gasteiger partial charge on any atom is -0.368 e. The van der Waals surface area contributed by atoms with Gasteiger partial charge in [0.1, 0.15) is 5.54 Å². The molecule has 4 nitrogen and oxygen atoms in total. The lowest BCUT2D eigenvalue weighted by molar-refractivity contribution is -0.127. The summed E-state index contributed by atoms with van der Waals surface area (Å²) in [6, 6.07) is 0.586. The topological polar surface area (TPSA) is 58.4 Å². The molecule has 0 aromatic rings. The molecule has 3 aliphatic rings. The number of rotatable bonds is 4. The smallest absolute Gasteiger partial charge is 0.237 e. The van der Waals surface area contributed by atoms with E-state index in [0.29, 0.717) is 6.04 Å². The Bertz CT molecular complexity index is 316. The molecule has 0 aromatic carbocycles. The second-order valence-electron chi connectivity index (χ2n) is 6.06. The van der Waals surface area contributed by atoms with Gasteiger partial charge in [-0.2, -0.15) is 0 Å². The number of carbonyl (C=O) groups is 1. The van der Waals surface area contributed by atoms with Crippen LogP contribution in [0.4, 0.5) is 0 Å². The van der Waals surface area contributed by atoms with Crippen LogP contribution in [0.2, 0.25) is 0 Å². The fourth-order valence-electron chi connectivity index (χ4n) is 3.39. The molecule has 2 unspecified atom stereocenters. The summed E-state index contributed by atoms with van der Waals surface area (Å²) in [6.45, 7) is 3.23. The quantitative estimate of drug-likeness (QED) is 0.747. The molecular formula is C13H23N3O. The summed E-state index contributed by atoms with van der Waals surface area (Å²) in [6.07, 6.45) is 6.97. The van der Waals surface area contributed by atoms with Crippen LogP contribution in [-0.4, -0.2) is 42.0 Å². The van der Waals surface area contributed by atoms with E-state index in [0.717, 1.165) is 31.8 Å². The third-order valence-corrected chi connectivity index (χ3v) is 4.81. The van der Waals surface area contributed by atoms with E-state index in [1.165, 1.54) is 32.2 Å². The average molecular weight is 237 g/mol. The van der Waals surface area contributed by atoms with E-state index in [-0.39, 0.29) is 5.91 Å². The van der Waals surface area contributed by atoms with Crippen molar-refractivity contribution in [3.05, 3.63) is 0 Å². The lowest BCUT2D eigenvalue weighted by Gasteiger charge is -2.42. The lowest BCUT2D eigenvalue weighted by atomic mass is 9.82. The van der Waals surface area contributed by atoms with Crippen molar-refractivity contribution >= 4 is 5.91 Å². The Morgan fingerprint density at radius 3 is 2.88 bits per heavy atom. The standard InChI is InChI=1S/C13H23N3O/c14-12(17)13(15-9-10-3-4-10)5-7-16-6-1-2-11(16)8-13/h10-11,15H,1-9H2,(H2,14,17). The van der Waals surface area contributed by atoms with Crippen LogP contribution in [0.15, 0.2) is 0 Å². The van der Waals surface area contributed by atoms with Gasteiger partial charge in [-0.05, 0) is 57.5 Å². The zero-order chi connectivity index (χ0) is 11.9. The summed E-state index contributed by atoms with van der Waals surface area (Å²) in [5.74, 6) is 0.664. The van der Waals surface area contributed by atoms with E-state index in [9.17, 15) is 4.79 Å². The summed E-state index contributed by atoms with van der Waals surface area (Å²) in [5.41, 5.74) is 5.26. The minimum atomic E-state index is -0.409. The zero-order valence-corrected chi connectivity index (χ0v) is 10.5. The number of amides is 1. The van der Waals surface area contributed by atoms with E-state index in [2.05, 4.69) is 10.2 Å². The molecule has 3 N–H and O–H groups in total. The molecule has 3 fully saturated rings. The number of hydrogen-bond acceptors (Lipinski definition) is 3. The van der Waals surface area contributed by atoms with Crippen molar-refractivity contribution in [1.29, 1.82) is 0 Å². The van der Waals surface area contributed by atoms with Crippen LogP contribution in [0.3, 0.4) is 0 Å². The summed E-state index contributed by atoms with van der Waals surface area (Å²) in [4.78, 5) is 14.4. The predicted molar refractivity (Wildman–Crippen MR) is 66.5 cm³/mol. The molecule has 1 saturated carbocycles. The fourth-order valence-corrected chi connectivity index (χ4v) is 3.39. The van der Waals surface area contributed by atoms with Gasteiger partial charge in [0.05, 0.1) is 0 Å². The van der Waals surface area contributed by atoms with Gasteiger partial charge >= 0.3 is 0 Å². The molecule has 17 heavy (non-hydrogen) atoms. The Labute approximate surface area is 103 Å². The molecule has 2 aliphatic heterocycles. The molecule has 96 valence electrons. The maximum Gasteiger partial charge on any atom is 0.237 e. The second-order valence-corrected chi connectivity index (χ2v) is 6.06. The van der Waals surface area contributed by atoms with E-state index >= 15 is 0 Å². The number of fused-ring (bicyclic) bond motifs is 1. The normalized spacial score (nSPS) is 38.0. The van der Waals surface area contributed by atoms with Crippen molar-refractivity contribution in [2.75, 3.05) is 19.6 Å². The summed E-state index contributed by atoms with van der Waals surface area (Å²) in [7, 11) is 0. The highest BCUT2D eigenvalue weighted by Crippen LogP contribution is 2.34. The molecule has 0 spiro atoms. The van der Waals surface area contributed by atoms with Crippen LogP contribution >= 0.6 is 0 Å². The van der Waals surface area contributed by atoms with E-state index in [4.69, 9.17) is 5.73 Å². The number of hydrogen-bond donors (Lipinski definition) is 2. The molecule has 0 bridgehead atoms. The van der Waals surface area contributed by atoms with Gasteiger partial charge in [-0.15, -0.1) is 0 Å². The number of primary amides is 1. The number of nitrogens with two attached hydrogens (primary N) is 1. The first-order chi connectivity index (χ1) is 8.20. The monoisotopic (exact) mass is 237 g/mol. The largest absolute Gasteiger partial charge is 0.368 e. The summed E-state index contributed by atoms with van der Waals surface area (Å²) < 4.78 is 0. The maximum absolute atomic E-state index is 11.8. The van der Waals surface area contributed by atoms with Gasteiger partial charge in [-0.3, -0.25) is 4.79 Å². The molecule has 3 rings (SSSR count). The SMILES string of the molecule is NC(=O)C1(NCC2CC2)CCN2CCCC2C1. The average Bonchev–Trinajstić information content (AvgIpc) is 3.03. The van der Waals surface area contributed by atoms with Crippen molar-refractivity contribution < 1.29 is 4.79 Å². The Kier molecular flexibility index (Phi) is 2.87. The van der Waals surface area contributed by atoms with Crippen LogP contribution in [-0.2, 0) is 4.79 Å². The molecule has 0 radical (unpaired) electrons. The highest BCUT2D eigenvalue weighted by molar-refractivity contribution is 5.85. The second kappa shape index (κ2) is 4.25. The highest BCUT2D eigenvalue weighted by Gasteiger charge is 2.45. The molecule has 2 saturated heterocycles. The summed E-state index contributed by atoms with van der Waals surface area (Å²) in [5, 5.41) is 3.51. The van der Waals surface area contributed by atoms with Crippen molar-refractivity contribution in [2.24, 2.45) is 11.7 Å². The summed E-state index contributed by atoms with van der Waals surface area (Å²) >= 11 is 0. The van der Waals surface area contributed by atoms with Gasteiger partial charge in [0, 0.05) is 12.6 Å². The number of nitrogens with zero attached hydrogens (tertiary/aromatic N) is 1. The van der Waals surface area contributed by atoms with Crippen LogP contribution in [0.5, 0.6) is 0 Å². The van der Waals surface area contributed by atoms with Gasteiger partial charge in [-0.1, -0.05) is 0 Å². The van der Waals surface area contributed by atoms with Crippen molar-refractivity contribution in [3.8, 4) is 0 Å². The third kappa shape index (κ3) is 2.20. The fraction of sp³-hybridized carbons (Fsp3) is 0.923. The first-order valence-corrected chi connectivity index (χ1v) is 6.99. The molecule has 2 heterocycles. The van der Waals surface area contributed by atoms with E-state index in [1.54, 1.807) is 0 Å². The van der Waals surface area contributed by atoms with Crippen molar-refractivity contribution in [1.82, 2.24) is 10.2 Å². The molecular weight excluding hydrogens is 214 g/mol. The first-order valence-electron chi connectivity index (χ1n) is 6.99. The zero-order valence-electron chi connectivity index (χ0n) is 10.5. The lowest BCUT2D eigenvalue weighted by Crippen LogP contribution is -2.62. The van der Waals surface area contributed by atoms with Crippen LogP contribution in [0.1, 0.15) is 38.5 Å². The molecule has 2 atom stereocenters.